The van der Waals surface area contributed by atoms with E-state index in [-0.39, 0.29) is 66.5 Å². The van der Waals surface area contributed by atoms with Crippen LogP contribution in [0.25, 0.3) is 0 Å². The maximum Gasteiger partial charge on any atom is 0.248 e. The molecule has 7 nitrogen and oxygen atoms in total. The van der Waals surface area contributed by atoms with Crippen molar-refractivity contribution < 1.29 is 31.5 Å². The first-order chi connectivity index (χ1) is 16.5. The Morgan fingerprint density at radius 3 is 2.43 bits per heavy atom. The summed E-state index contributed by atoms with van der Waals surface area (Å²) in [5.41, 5.74) is 7.00. The number of anilines is 1. The second kappa shape index (κ2) is 9.66. The number of nitrogens with two attached hydrogens (primary N) is 1. The predicted molar refractivity (Wildman–Crippen MR) is 127 cm³/mol. The first kappa shape index (κ1) is 25.2. The van der Waals surface area contributed by atoms with Crippen molar-refractivity contribution in [1.29, 1.82) is 0 Å². The van der Waals surface area contributed by atoms with Gasteiger partial charge in [-0.3, -0.25) is 9.59 Å². The first-order valence-corrected chi connectivity index (χ1v) is 13.1. The molecule has 4 rings (SSSR count). The molecule has 0 bridgehead atoms. The number of ketones is 1. The Kier molecular flexibility index (Phi) is 6.97. The van der Waals surface area contributed by atoms with Crippen LogP contribution in [0, 0.1) is 5.92 Å². The van der Waals surface area contributed by atoms with Gasteiger partial charge in [-0.15, -0.1) is 0 Å². The lowest BCUT2D eigenvalue weighted by Crippen LogP contribution is -2.45. The zero-order valence-electron chi connectivity index (χ0n) is 19.4. The van der Waals surface area contributed by atoms with Crippen LogP contribution in [0.3, 0.4) is 0 Å². The zero-order valence-corrected chi connectivity index (χ0v) is 20.2. The number of methoxy groups -OCH3 is 1. The molecule has 2 aromatic rings. The Hall–Kier alpha value is -2.85. The summed E-state index contributed by atoms with van der Waals surface area (Å²) in [6.45, 7) is 0.0500. The van der Waals surface area contributed by atoms with Gasteiger partial charge in [-0.25, -0.2) is 17.2 Å². The van der Waals surface area contributed by atoms with Crippen molar-refractivity contribution >= 4 is 27.2 Å². The predicted octanol–water partition coefficient (Wildman–Crippen LogP) is 3.74. The molecule has 0 saturated heterocycles. The van der Waals surface area contributed by atoms with Gasteiger partial charge in [-0.2, -0.15) is 0 Å². The zero-order chi connectivity index (χ0) is 25.4. The third-order valence-corrected chi connectivity index (χ3v) is 8.51. The third-order valence-electron chi connectivity index (χ3n) is 6.70. The van der Waals surface area contributed by atoms with E-state index in [2.05, 4.69) is 0 Å². The largest absolute Gasteiger partial charge is 0.497 e. The highest BCUT2D eigenvalue weighted by molar-refractivity contribution is 7.91. The normalized spacial score (nSPS) is 21.8. The minimum absolute atomic E-state index is 0.0500. The van der Waals surface area contributed by atoms with Crippen molar-refractivity contribution in [2.45, 2.75) is 55.5 Å². The number of halogens is 2. The number of ether oxygens (including phenoxy) is 1. The molecule has 1 heterocycles. The molecule has 1 atom stereocenters. The van der Waals surface area contributed by atoms with Crippen LogP contribution in [-0.2, 0) is 21.2 Å². The molecule has 2 N–H and O–H groups in total. The Morgan fingerprint density at radius 2 is 1.80 bits per heavy atom. The van der Waals surface area contributed by atoms with Crippen LogP contribution in [0.2, 0.25) is 0 Å². The molecule has 0 aromatic heterocycles. The summed E-state index contributed by atoms with van der Waals surface area (Å²) in [7, 11) is -2.35. The van der Waals surface area contributed by atoms with E-state index in [0.29, 0.717) is 5.75 Å². The fourth-order valence-electron chi connectivity index (χ4n) is 4.64. The van der Waals surface area contributed by atoms with Gasteiger partial charge in [-0.05, 0) is 54.7 Å². The van der Waals surface area contributed by atoms with Gasteiger partial charge in [0.15, 0.2) is 15.6 Å². The summed E-state index contributed by atoms with van der Waals surface area (Å²) < 4.78 is 58.0. The minimum Gasteiger partial charge on any atom is -0.497 e. The van der Waals surface area contributed by atoms with Crippen molar-refractivity contribution in [2.75, 3.05) is 17.8 Å². The lowest BCUT2D eigenvalue weighted by atomic mass is 9.83. The van der Waals surface area contributed by atoms with Crippen molar-refractivity contribution in [3.05, 3.63) is 53.6 Å². The van der Waals surface area contributed by atoms with Crippen LogP contribution in [0.15, 0.2) is 47.4 Å². The second-order valence-electron chi connectivity index (χ2n) is 9.27. The topological polar surface area (TPSA) is 107 Å². The van der Waals surface area contributed by atoms with E-state index in [1.807, 2.05) is 0 Å². The van der Waals surface area contributed by atoms with Crippen LogP contribution < -0.4 is 15.4 Å². The fourth-order valence-corrected chi connectivity index (χ4v) is 6.20. The number of amides is 1. The third kappa shape index (κ3) is 5.54. The summed E-state index contributed by atoms with van der Waals surface area (Å²) in [6.07, 6.45) is 0.127. The number of carbonyl (C=O) groups excluding carboxylic acids is 2. The number of benzene rings is 2. The van der Waals surface area contributed by atoms with Crippen molar-refractivity contribution in [1.82, 2.24) is 0 Å². The van der Waals surface area contributed by atoms with Crippen LogP contribution in [0.1, 0.15) is 48.0 Å². The summed E-state index contributed by atoms with van der Waals surface area (Å²) in [6, 6.07) is 9.86. The molecule has 2 aliphatic rings. The number of sulfone groups is 1. The maximum atomic E-state index is 13.5. The van der Waals surface area contributed by atoms with Gasteiger partial charge in [-0.1, -0.05) is 12.1 Å². The molecule has 1 amide bonds. The summed E-state index contributed by atoms with van der Waals surface area (Å²) in [5, 5.41) is 0. The maximum absolute atomic E-state index is 13.5. The van der Waals surface area contributed by atoms with Crippen LogP contribution in [-0.4, -0.2) is 44.9 Å². The highest BCUT2D eigenvalue weighted by atomic mass is 32.2. The Bertz CT molecular complexity index is 1220. The Morgan fingerprint density at radius 1 is 1.14 bits per heavy atom. The second-order valence-corrected chi connectivity index (χ2v) is 11.3. The molecule has 1 fully saturated rings. The number of nitrogens with zero attached hydrogens (tertiary/aromatic N) is 1. The molecule has 0 radical (unpaired) electrons. The Balaban J connectivity index is 1.66. The lowest BCUT2D eigenvalue weighted by Gasteiger charge is -2.28. The number of rotatable bonds is 6. The van der Waals surface area contributed by atoms with E-state index in [9.17, 15) is 26.8 Å². The van der Waals surface area contributed by atoms with E-state index >= 15 is 0 Å². The summed E-state index contributed by atoms with van der Waals surface area (Å²) >= 11 is 0. The quantitative estimate of drug-likeness (QED) is 0.599. The van der Waals surface area contributed by atoms with E-state index in [0.717, 1.165) is 5.56 Å². The van der Waals surface area contributed by atoms with E-state index in [1.54, 1.807) is 24.3 Å². The van der Waals surface area contributed by atoms with Gasteiger partial charge in [0.2, 0.25) is 11.8 Å². The molecule has 0 spiro atoms. The molecule has 1 saturated carbocycles. The number of Topliss-reactive ketones (excluding diaryl/α,β-unsaturated/α-hetero) is 1. The molecule has 1 aliphatic carbocycles. The van der Waals surface area contributed by atoms with E-state index in [4.69, 9.17) is 10.5 Å². The lowest BCUT2D eigenvalue weighted by molar-refractivity contribution is -0.119. The number of hydrogen-bond donors (Lipinski definition) is 1. The summed E-state index contributed by atoms with van der Waals surface area (Å²) in [4.78, 5) is 27.4. The van der Waals surface area contributed by atoms with Crippen LogP contribution in [0.5, 0.6) is 5.75 Å². The first-order valence-electron chi connectivity index (χ1n) is 11.5. The van der Waals surface area contributed by atoms with Gasteiger partial charge in [0.1, 0.15) is 5.75 Å². The average Bonchev–Trinajstić information content (AvgIpc) is 2.89. The van der Waals surface area contributed by atoms with Crippen molar-refractivity contribution in [2.24, 2.45) is 11.7 Å². The van der Waals surface area contributed by atoms with Crippen LogP contribution in [0.4, 0.5) is 14.5 Å². The van der Waals surface area contributed by atoms with Gasteiger partial charge >= 0.3 is 0 Å². The van der Waals surface area contributed by atoms with Gasteiger partial charge < -0.3 is 15.4 Å². The SMILES string of the molecule is COc1ccc(CN2C(=O)[C@@H](N)CS(=O)(=O)c3ccc(C(=O)CC4CCC(F)(F)CC4)cc32)cc1. The number of fused-ring (bicyclic) bond motifs is 1. The molecular weight excluding hydrogens is 478 g/mol. The smallest absolute Gasteiger partial charge is 0.248 e. The van der Waals surface area contributed by atoms with E-state index in [1.165, 1.54) is 30.2 Å². The molecule has 1 aliphatic heterocycles. The standard InChI is InChI=1S/C25H28F2N2O5S/c1-34-19-5-2-17(3-6-19)14-29-21-13-18(22(30)12-16-8-10-25(26,27)11-9-16)4-7-23(21)35(32,33)15-20(28)24(29)31/h2-7,13,16,20H,8-12,14-15,28H2,1H3/t20-/m0/s1. The highest BCUT2D eigenvalue weighted by Gasteiger charge is 2.38. The fraction of sp³-hybridized carbons (Fsp3) is 0.440. The van der Waals surface area contributed by atoms with Gasteiger partial charge in [0.05, 0.1) is 36.0 Å². The highest BCUT2D eigenvalue weighted by Crippen LogP contribution is 2.38. The monoisotopic (exact) mass is 506 g/mol. The van der Waals surface area contributed by atoms with Crippen molar-refractivity contribution in [3.8, 4) is 5.75 Å². The van der Waals surface area contributed by atoms with Crippen molar-refractivity contribution in [3.63, 3.8) is 0 Å². The van der Waals surface area contributed by atoms with Gasteiger partial charge in [0.25, 0.3) is 0 Å². The minimum atomic E-state index is -3.88. The molecular formula is C25H28F2N2O5S. The average molecular weight is 507 g/mol. The molecule has 10 heteroatoms. The molecule has 0 unspecified atom stereocenters. The number of alkyl halides is 2. The molecule has 35 heavy (non-hydrogen) atoms. The van der Waals surface area contributed by atoms with Crippen LogP contribution >= 0.6 is 0 Å². The Labute approximate surface area is 203 Å². The number of hydrogen-bond acceptors (Lipinski definition) is 6. The van der Waals surface area contributed by atoms with Gasteiger partial charge in [0, 0.05) is 24.8 Å². The molecule has 188 valence electrons. The summed E-state index contributed by atoms with van der Waals surface area (Å²) in [5.74, 6) is -3.59. The number of carbonyl (C=O) groups is 2. The van der Waals surface area contributed by atoms with E-state index < -0.39 is 33.5 Å². The molecule has 2 aromatic carbocycles.